The quantitative estimate of drug-likeness (QED) is 0.859. The summed E-state index contributed by atoms with van der Waals surface area (Å²) in [4.78, 5) is 2.07. The van der Waals surface area contributed by atoms with Crippen molar-refractivity contribution in [2.45, 2.75) is 31.9 Å². The minimum atomic E-state index is -0.207. The molecule has 3 nitrogen and oxygen atoms in total. The topological polar surface area (TPSA) is 49.5 Å². The molecular formula is C15H21FN2O. The van der Waals surface area contributed by atoms with Crippen LogP contribution in [0.1, 0.15) is 31.4 Å². The first-order valence-electron chi connectivity index (χ1n) is 7.04. The Hall–Kier alpha value is -1.13. The molecule has 1 heterocycles. The summed E-state index contributed by atoms with van der Waals surface area (Å²) in [6.07, 6.45) is 1.75. The molecule has 19 heavy (non-hydrogen) atoms. The number of nitrogens with two attached hydrogens (primary N) is 1. The van der Waals surface area contributed by atoms with Crippen molar-refractivity contribution in [2.75, 3.05) is 18.0 Å². The molecule has 1 aliphatic heterocycles. The molecule has 0 bridgehead atoms. The highest BCUT2D eigenvalue weighted by Crippen LogP contribution is 2.40. The van der Waals surface area contributed by atoms with Gasteiger partial charge in [-0.1, -0.05) is 6.07 Å². The molecule has 0 amide bonds. The molecule has 0 spiro atoms. The zero-order valence-electron chi connectivity index (χ0n) is 11.2. The van der Waals surface area contributed by atoms with Gasteiger partial charge in [-0.15, -0.1) is 0 Å². The fourth-order valence-corrected chi connectivity index (χ4v) is 3.50. The number of aliphatic hydroxyl groups excluding tert-OH is 1. The molecule has 1 aromatic rings. The summed E-state index contributed by atoms with van der Waals surface area (Å²) in [5.74, 6) is 0.624. The summed E-state index contributed by atoms with van der Waals surface area (Å²) < 4.78 is 14.2. The normalized spacial score (nSPS) is 31.6. The van der Waals surface area contributed by atoms with Crippen LogP contribution >= 0.6 is 0 Å². The van der Waals surface area contributed by atoms with E-state index < -0.39 is 0 Å². The molecule has 1 saturated carbocycles. The average molecular weight is 264 g/mol. The minimum Gasteiger partial charge on any atom is -0.393 e. The van der Waals surface area contributed by atoms with Gasteiger partial charge in [0, 0.05) is 25.0 Å². The van der Waals surface area contributed by atoms with Crippen molar-refractivity contribution < 1.29 is 9.50 Å². The predicted octanol–water partition coefficient (Wildman–Crippen LogP) is 2.05. The predicted molar refractivity (Wildman–Crippen MR) is 73.4 cm³/mol. The van der Waals surface area contributed by atoms with Crippen LogP contribution < -0.4 is 10.6 Å². The van der Waals surface area contributed by atoms with E-state index in [0.717, 1.165) is 31.5 Å². The average Bonchev–Trinajstić information content (AvgIpc) is 2.92. The van der Waals surface area contributed by atoms with Gasteiger partial charge in [0.1, 0.15) is 5.82 Å². The van der Waals surface area contributed by atoms with E-state index in [1.807, 2.05) is 19.1 Å². The van der Waals surface area contributed by atoms with Crippen LogP contribution in [0, 0.1) is 17.7 Å². The largest absolute Gasteiger partial charge is 0.393 e. The number of anilines is 1. The van der Waals surface area contributed by atoms with Gasteiger partial charge >= 0.3 is 0 Å². The molecule has 3 rings (SSSR count). The van der Waals surface area contributed by atoms with E-state index in [1.54, 1.807) is 0 Å². The molecule has 104 valence electrons. The fourth-order valence-electron chi connectivity index (χ4n) is 3.50. The Labute approximate surface area is 113 Å². The summed E-state index contributed by atoms with van der Waals surface area (Å²) in [5.41, 5.74) is 7.23. The third-order valence-electron chi connectivity index (χ3n) is 4.66. The maximum atomic E-state index is 14.2. The van der Waals surface area contributed by atoms with E-state index in [-0.39, 0.29) is 18.0 Å². The molecule has 2 aliphatic rings. The summed E-state index contributed by atoms with van der Waals surface area (Å²) in [5, 5.41) is 9.91. The molecule has 0 radical (unpaired) electrons. The number of hydrogen-bond donors (Lipinski definition) is 2. The van der Waals surface area contributed by atoms with Crippen LogP contribution in [0.15, 0.2) is 18.2 Å². The standard InChI is InChI=1S/C15H21FN2O/c1-9(17)10-2-4-14(13(16)6-10)18-7-11-3-5-15(19)12(11)8-18/h2,4,6,9,11-12,15,19H,3,5,7-8,17H2,1H3/t9-,11?,12?,15?/m0/s1. The number of fused-ring (bicyclic) bond motifs is 1. The summed E-state index contributed by atoms with van der Waals surface area (Å²) in [6, 6.07) is 5.10. The lowest BCUT2D eigenvalue weighted by atomic mass is 10.00. The number of aliphatic hydroxyl groups is 1. The Morgan fingerprint density at radius 2 is 2.16 bits per heavy atom. The van der Waals surface area contributed by atoms with E-state index in [2.05, 4.69) is 4.90 Å². The van der Waals surface area contributed by atoms with Gasteiger partial charge in [-0.2, -0.15) is 0 Å². The highest BCUT2D eigenvalue weighted by molar-refractivity contribution is 5.51. The van der Waals surface area contributed by atoms with Gasteiger partial charge in [0.05, 0.1) is 11.8 Å². The van der Waals surface area contributed by atoms with Crippen molar-refractivity contribution in [1.29, 1.82) is 0 Å². The zero-order valence-corrected chi connectivity index (χ0v) is 11.2. The molecular weight excluding hydrogens is 243 g/mol. The summed E-state index contributed by atoms with van der Waals surface area (Å²) >= 11 is 0. The van der Waals surface area contributed by atoms with Crippen molar-refractivity contribution in [3.8, 4) is 0 Å². The van der Waals surface area contributed by atoms with Crippen LogP contribution in [-0.4, -0.2) is 24.3 Å². The van der Waals surface area contributed by atoms with Gasteiger partial charge in [0.2, 0.25) is 0 Å². The van der Waals surface area contributed by atoms with Crippen LogP contribution in [0.3, 0.4) is 0 Å². The summed E-state index contributed by atoms with van der Waals surface area (Å²) in [6.45, 7) is 3.47. The van der Waals surface area contributed by atoms with Crippen molar-refractivity contribution in [1.82, 2.24) is 0 Å². The van der Waals surface area contributed by atoms with E-state index in [1.165, 1.54) is 6.07 Å². The van der Waals surface area contributed by atoms with Gasteiger partial charge in [0.25, 0.3) is 0 Å². The first kappa shape index (κ1) is 12.9. The van der Waals surface area contributed by atoms with Crippen LogP contribution in [0.25, 0.3) is 0 Å². The van der Waals surface area contributed by atoms with Crippen molar-refractivity contribution in [3.05, 3.63) is 29.6 Å². The van der Waals surface area contributed by atoms with Gasteiger partial charge in [-0.3, -0.25) is 0 Å². The van der Waals surface area contributed by atoms with Crippen molar-refractivity contribution >= 4 is 5.69 Å². The maximum absolute atomic E-state index is 14.2. The van der Waals surface area contributed by atoms with Crippen LogP contribution in [0.2, 0.25) is 0 Å². The van der Waals surface area contributed by atoms with E-state index in [9.17, 15) is 9.50 Å². The molecule has 1 saturated heterocycles. The van der Waals surface area contributed by atoms with Crippen molar-refractivity contribution in [3.63, 3.8) is 0 Å². The maximum Gasteiger partial charge on any atom is 0.146 e. The Morgan fingerprint density at radius 1 is 1.37 bits per heavy atom. The lowest BCUT2D eigenvalue weighted by molar-refractivity contribution is 0.133. The molecule has 1 aliphatic carbocycles. The Kier molecular flexibility index (Phi) is 3.23. The van der Waals surface area contributed by atoms with Gasteiger partial charge < -0.3 is 15.7 Å². The lowest BCUT2D eigenvalue weighted by Gasteiger charge is -2.22. The second kappa shape index (κ2) is 4.76. The molecule has 4 atom stereocenters. The van der Waals surface area contributed by atoms with E-state index >= 15 is 0 Å². The van der Waals surface area contributed by atoms with Gasteiger partial charge in [0.15, 0.2) is 0 Å². The number of hydrogen-bond acceptors (Lipinski definition) is 3. The highest BCUT2D eigenvalue weighted by atomic mass is 19.1. The number of benzene rings is 1. The second-order valence-electron chi connectivity index (χ2n) is 5.97. The van der Waals surface area contributed by atoms with Crippen LogP contribution in [0.5, 0.6) is 0 Å². The Balaban J connectivity index is 1.80. The van der Waals surface area contributed by atoms with Gasteiger partial charge in [-0.05, 0) is 43.4 Å². The molecule has 4 heteroatoms. The minimum absolute atomic E-state index is 0.150. The Bertz CT molecular complexity index is 477. The second-order valence-corrected chi connectivity index (χ2v) is 5.97. The lowest BCUT2D eigenvalue weighted by Crippen LogP contribution is -2.25. The van der Waals surface area contributed by atoms with Crippen LogP contribution in [-0.2, 0) is 0 Å². The van der Waals surface area contributed by atoms with Crippen LogP contribution in [0.4, 0.5) is 10.1 Å². The molecule has 3 N–H and O–H groups in total. The molecule has 0 aromatic heterocycles. The number of nitrogens with zero attached hydrogens (tertiary/aromatic N) is 1. The zero-order chi connectivity index (χ0) is 13.6. The first-order valence-corrected chi connectivity index (χ1v) is 7.04. The van der Waals surface area contributed by atoms with Gasteiger partial charge in [-0.25, -0.2) is 4.39 Å². The Morgan fingerprint density at radius 3 is 2.79 bits per heavy atom. The fraction of sp³-hybridized carbons (Fsp3) is 0.600. The first-order chi connectivity index (χ1) is 9.06. The highest BCUT2D eigenvalue weighted by Gasteiger charge is 2.42. The summed E-state index contributed by atoms with van der Waals surface area (Å²) in [7, 11) is 0. The smallest absolute Gasteiger partial charge is 0.146 e. The molecule has 3 unspecified atom stereocenters. The molecule has 2 fully saturated rings. The van der Waals surface area contributed by atoms with Crippen molar-refractivity contribution in [2.24, 2.45) is 17.6 Å². The van der Waals surface area contributed by atoms with E-state index in [0.29, 0.717) is 17.5 Å². The molecule has 1 aromatic carbocycles. The van der Waals surface area contributed by atoms with E-state index in [4.69, 9.17) is 5.73 Å². The third-order valence-corrected chi connectivity index (χ3v) is 4.66. The SMILES string of the molecule is C[C@H](N)c1ccc(N2CC3CCC(O)C3C2)c(F)c1. The number of halogens is 1. The third kappa shape index (κ3) is 2.23. The number of rotatable bonds is 2. The monoisotopic (exact) mass is 264 g/mol.